The van der Waals surface area contributed by atoms with Crippen LogP contribution in [0.15, 0.2) is 54.7 Å². The molecular weight excluding hydrogens is 506 g/mol. The Bertz CT molecular complexity index is 1320. The van der Waals surface area contributed by atoms with Crippen LogP contribution in [0.5, 0.6) is 5.75 Å². The second-order valence-corrected chi connectivity index (χ2v) is 10.6. The number of rotatable bonds is 8. The lowest BCUT2D eigenvalue weighted by atomic mass is 9.89. The Labute approximate surface area is 234 Å². The summed E-state index contributed by atoms with van der Waals surface area (Å²) >= 11 is 0. The smallest absolute Gasteiger partial charge is 0.271 e. The fraction of sp³-hybridized carbons (Fsp3) is 0.400. The van der Waals surface area contributed by atoms with Crippen LogP contribution in [0.2, 0.25) is 0 Å². The molecule has 2 saturated heterocycles. The second-order valence-electron chi connectivity index (χ2n) is 10.6. The number of ether oxygens (including phenoxy) is 1. The number of methoxy groups -OCH3 is 1. The lowest BCUT2D eigenvalue weighted by Crippen LogP contribution is -2.48. The first-order valence-corrected chi connectivity index (χ1v) is 13.8. The molecule has 3 aromatic rings. The average molecular weight is 544 g/mol. The molecule has 2 fully saturated rings. The number of nitrogens with two attached hydrogens (primary N) is 1. The van der Waals surface area contributed by atoms with Crippen molar-refractivity contribution in [2.45, 2.75) is 37.6 Å². The highest BCUT2D eigenvalue weighted by Crippen LogP contribution is 2.29. The lowest BCUT2D eigenvalue weighted by Gasteiger charge is -2.34. The average Bonchev–Trinajstić information content (AvgIpc) is 2.98. The van der Waals surface area contributed by atoms with Crippen LogP contribution in [0.25, 0.3) is 0 Å². The number of nitrogens with zero attached hydrogens (tertiary/aromatic N) is 4. The van der Waals surface area contributed by atoms with E-state index in [4.69, 9.17) is 15.5 Å². The van der Waals surface area contributed by atoms with Crippen molar-refractivity contribution in [1.29, 1.82) is 0 Å². The number of likely N-dealkylation sites (tertiary alicyclic amines) is 1. The fourth-order valence-electron chi connectivity index (χ4n) is 5.43. The first kappa shape index (κ1) is 27.4. The third-order valence-electron chi connectivity index (χ3n) is 7.79. The van der Waals surface area contributed by atoms with Crippen molar-refractivity contribution in [2.75, 3.05) is 50.6 Å². The molecule has 1 unspecified atom stereocenters. The van der Waals surface area contributed by atoms with Gasteiger partial charge in [-0.15, -0.1) is 0 Å². The summed E-state index contributed by atoms with van der Waals surface area (Å²) in [4.78, 5) is 38.5. The molecule has 0 radical (unpaired) electrons. The number of aromatic nitrogens is 2. The van der Waals surface area contributed by atoms with Crippen molar-refractivity contribution in [2.24, 2.45) is 5.73 Å². The summed E-state index contributed by atoms with van der Waals surface area (Å²) in [5.74, 6) is 1.44. The van der Waals surface area contributed by atoms with Crippen LogP contribution < -0.4 is 26.0 Å². The highest BCUT2D eigenvalue weighted by atomic mass is 16.5. The number of anilines is 3. The molecule has 0 aliphatic carbocycles. The van der Waals surface area contributed by atoms with Gasteiger partial charge in [0.05, 0.1) is 13.3 Å². The van der Waals surface area contributed by atoms with Gasteiger partial charge in [0.25, 0.3) is 11.8 Å². The number of benzene rings is 2. The minimum Gasteiger partial charge on any atom is -0.497 e. The zero-order valence-corrected chi connectivity index (χ0v) is 23.1. The van der Waals surface area contributed by atoms with Gasteiger partial charge < -0.3 is 30.9 Å². The van der Waals surface area contributed by atoms with Crippen LogP contribution >= 0.6 is 0 Å². The maximum Gasteiger partial charge on any atom is 0.271 e. The Kier molecular flexibility index (Phi) is 8.45. The SMILES string of the molecule is COc1ccc(C(=O)NC2CCCN(c3cnc(C(N)=O)c(Nc4ccc(C5CCN(C)CC5)cc4)n3)C2)cc1. The molecule has 10 heteroatoms. The van der Waals surface area contributed by atoms with Crippen molar-refractivity contribution < 1.29 is 14.3 Å². The third-order valence-corrected chi connectivity index (χ3v) is 7.79. The third kappa shape index (κ3) is 6.51. The van der Waals surface area contributed by atoms with Gasteiger partial charge in [0, 0.05) is 30.4 Å². The first-order valence-electron chi connectivity index (χ1n) is 13.8. The summed E-state index contributed by atoms with van der Waals surface area (Å²) in [5.41, 5.74) is 8.43. The number of amides is 2. The van der Waals surface area contributed by atoms with E-state index in [1.165, 1.54) is 5.56 Å². The number of carbonyl (C=O) groups excluding carboxylic acids is 2. The van der Waals surface area contributed by atoms with E-state index in [9.17, 15) is 9.59 Å². The summed E-state index contributed by atoms with van der Waals surface area (Å²) < 4.78 is 5.18. The maximum atomic E-state index is 12.8. The van der Waals surface area contributed by atoms with Crippen molar-refractivity contribution >= 4 is 29.1 Å². The van der Waals surface area contributed by atoms with Gasteiger partial charge in [-0.25, -0.2) is 9.97 Å². The molecule has 210 valence electrons. The van der Waals surface area contributed by atoms with E-state index in [0.29, 0.717) is 35.4 Å². The monoisotopic (exact) mass is 543 g/mol. The van der Waals surface area contributed by atoms with Gasteiger partial charge in [-0.2, -0.15) is 0 Å². The summed E-state index contributed by atoms with van der Waals surface area (Å²) in [6, 6.07) is 15.3. The summed E-state index contributed by atoms with van der Waals surface area (Å²) in [6.07, 6.45) is 5.62. The molecule has 3 heterocycles. The molecule has 2 aliphatic rings. The Morgan fingerprint density at radius 3 is 2.40 bits per heavy atom. The fourth-order valence-corrected chi connectivity index (χ4v) is 5.43. The molecule has 2 aromatic carbocycles. The van der Waals surface area contributed by atoms with Gasteiger partial charge in [-0.1, -0.05) is 12.1 Å². The van der Waals surface area contributed by atoms with Crippen LogP contribution in [0.3, 0.4) is 0 Å². The Morgan fingerprint density at radius 1 is 1.00 bits per heavy atom. The van der Waals surface area contributed by atoms with Crippen LogP contribution in [-0.2, 0) is 0 Å². The number of carbonyl (C=O) groups is 2. The zero-order valence-electron chi connectivity index (χ0n) is 23.1. The van der Waals surface area contributed by atoms with E-state index in [0.717, 1.165) is 51.0 Å². The van der Waals surface area contributed by atoms with Crippen molar-refractivity contribution in [3.63, 3.8) is 0 Å². The predicted molar refractivity (Wildman–Crippen MR) is 155 cm³/mol. The molecule has 4 N–H and O–H groups in total. The van der Waals surface area contributed by atoms with E-state index in [1.807, 2.05) is 12.1 Å². The standard InChI is InChI=1S/C30H37N7O3/c1-36-16-13-21(14-17-36)20-5-9-23(10-6-20)33-29-27(28(31)38)32-18-26(35-29)37-15-3-4-24(19-37)34-30(39)22-7-11-25(40-2)12-8-22/h5-12,18,21,24H,3-4,13-17,19H2,1-2H3,(H2,31,38)(H,33,35)(H,34,39). The minimum absolute atomic E-state index is 0.0514. The molecule has 5 rings (SSSR count). The van der Waals surface area contributed by atoms with Crippen molar-refractivity contribution in [3.8, 4) is 5.75 Å². The summed E-state index contributed by atoms with van der Waals surface area (Å²) in [5, 5.41) is 6.38. The number of piperidine rings is 2. The number of hydrogen-bond donors (Lipinski definition) is 3. The molecule has 0 spiro atoms. The first-order chi connectivity index (χ1) is 19.4. The van der Waals surface area contributed by atoms with Gasteiger partial charge >= 0.3 is 0 Å². The van der Waals surface area contributed by atoms with Crippen molar-refractivity contribution in [3.05, 3.63) is 71.5 Å². The van der Waals surface area contributed by atoms with Gasteiger partial charge in [0.1, 0.15) is 11.6 Å². The molecule has 2 aliphatic heterocycles. The minimum atomic E-state index is -0.646. The molecule has 0 bridgehead atoms. The number of primary amides is 1. The normalized spacial score (nSPS) is 18.2. The molecule has 40 heavy (non-hydrogen) atoms. The quantitative estimate of drug-likeness (QED) is 0.394. The van der Waals surface area contributed by atoms with E-state index in [1.54, 1.807) is 37.6 Å². The highest BCUT2D eigenvalue weighted by molar-refractivity contribution is 5.96. The van der Waals surface area contributed by atoms with Gasteiger partial charge in [0.2, 0.25) is 0 Å². The maximum absolute atomic E-state index is 12.8. The van der Waals surface area contributed by atoms with Crippen LogP contribution in [0.1, 0.15) is 58.0 Å². The Hall–Kier alpha value is -4.18. The Morgan fingerprint density at radius 2 is 1.73 bits per heavy atom. The Balaban J connectivity index is 1.27. The van der Waals surface area contributed by atoms with Crippen molar-refractivity contribution in [1.82, 2.24) is 20.2 Å². The van der Waals surface area contributed by atoms with Gasteiger partial charge in [0.15, 0.2) is 11.5 Å². The van der Waals surface area contributed by atoms with Crippen LogP contribution in [0, 0.1) is 0 Å². The van der Waals surface area contributed by atoms with E-state index in [-0.39, 0.29) is 17.6 Å². The molecular formula is C30H37N7O3. The lowest BCUT2D eigenvalue weighted by molar-refractivity contribution is 0.0931. The molecule has 1 aromatic heterocycles. The van der Waals surface area contributed by atoms with E-state index < -0.39 is 5.91 Å². The molecule has 10 nitrogen and oxygen atoms in total. The highest BCUT2D eigenvalue weighted by Gasteiger charge is 2.25. The number of nitrogens with one attached hydrogen (secondary N) is 2. The summed E-state index contributed by atoms with van der Waals surface area (Å²) in [6.45, 7) is 3.57. The molecule has 1 atom stereocenters. The predicted octanol–water partition coefficient (Wildman–Crippen LogP) is 3.54. The molecule has 0 saturated carbocycles. The van der Waals surface area contributed by atoms with Crippen LogP contribution in [0.4, 0.5) is 17.3 Å². The number of hydrogen-bond acceptors (Lipinski definition) is 8. The molecule has 2 amide bonds. The van der Waals surface area contributed by atoms with E-state index >= 15 is 0 Å². The van der Waals surface area contributed by atoms with Crippen LogP contribution in [-0.4, -0.2) is 73.1 Å². The zero-order chi connectivity index (χ0) is 28.1. The summed E-state index contributed by atoms with van der Waals surface area (Å²) in [7, 11) is 3.76. The topological polar surface area (TPSA) is 126 Å². The van der Waals surface area contributed by atoms with Gasteiger partial charge in [-0.3, -0.25) is 9.59 Å². The van der Waals surface area contributed by atoms with E-state index in [2.05, 4.69) is 44.6 Å². The largest absolute Gasteiger partial charge is 0.497 e. The van der Waals surface area contributed by atoms with Gasteiger partial charge in [-0.05, 0) is 93.7 Å². The second kappa shape index (κ2) is 12.3.